The number of ether oxygens (including phenoxy) is 2. The lowest BCUT2D eigenvalue weighted by atomic mass is 9.78. The van der Waals surface area contributed by atoms with Crippen LogP contribution in [-0.2, 0) is 9.47 Å². The molecule has 1 aromatic rings. The minimum atomic E-state index is -1.57. The first-order chi connectivity index (χ1) is 7.74. The van der Waals surface area contributed by atoms with Gasteiger partial charge in [-0.15, -0.1) is 11.8 Å². The van der Waals surface area contributed by atoms with Crippen molar-refractivity contribution in [2.24, 2.45) is 0 Å². The van der Waals surface area contributed by atoms with Crippen LogP contribution >= 0.6 is 11.8 Å². The fraction of sp³-hybridized carbons (Fsp3) is 0.444. The van der Waals surface area contributed by atoms with Crippen molar-refractivity contribution in [1.29, 1.82) is 0 Å². The van der Waals surface area contributed by atoms with Crippen LogP contribution in [0.25, 0.3) is 0 Å². The Morgan fingerprint density at radius 3 is 2.62 bits per heavy atom. The molecule has 1 saturated heterocycles. The largest absolute Gasteiger partial charge is 0.490 e. The van der Waals surface area contributed by atoms with Gasteiger partial charge in [0.1, 0.15) is 0 Å². The van der Waals surface area contributed by atoms with Gasteiger partial charge in [0.2, 0.25) is 0 Å². The number of hydrogen-bond acceptors (Lipinski definition) is 6. The molecule has 0 aliphatic carbocycles. The molecule has 0 spiro atoms. The second kappa shape index (κ2) is 5.16. The molecule has 16 heavy (non-hydrogen) atoms. The molecule has 0 bridgehead atoms. The van der Waals surface area contributed by atoms with Crippen LogP contribution in [0.3, 0.4) is 0 Å². The molecule has 1 aliphatic rings. The Morgan fingerprint density at radius 1 is 1.38 bits per heavy atom. The molecule has 0 aromatic carbocycles. The highest BCUT2D eigenvalue weighted by atomic mass is 32.2. The smallest absolute Gasteiger partial charge is 0.423 e. The van der Waals surface area contributed by atoms with Gasteiger partial charge in [-0.3, -0.25) is 4.98 Å². The summed E-state index contributed by atoms with van der Waals surface area (Å²) in [5.41, 5.74) is 0.994. The van der Waals surface area contributed by atoms with Crippen molar-refractivity contribution < 1.29 is 19.5 Å². The number of nitrogens with zero attached hydrogens (tertiary/aromatic N) is 1. The first-order valence-corrected chi connectivity index (χ1v) is 6.07. The van der Waals surface area contributed by atoms with E-state index in [2.05, 4.69) is 4.98 Å². The average Bonchev–Trinajstić information content (AvgIpc) is 2.81. The molecule has 0 amide bonds. The van der Waals surface area contributed by atoms with Crippen LogP contribution in [0, 0.1) is 0 Å². The Labute approximate surface area is 97.9 Å². The minimum absolute atomic E-state index is 0.332. The second-order valence-electron chi connectivity index (χ2n) is 3.29. The fourth-order valence-corrected chi connectivity index (χ4v) is 2.21. The number of thioether (sulfide) groups is 1. The molecule has 5 nitrogen and oxygen atoms in total. The molecule has 2 rings (SSSR count). The SMILES string of the molecule is CSc1cncc(B(O)O)c1C1OCCO1. The summed E-state index contributed by atoms with van der Waals surface area (Å²) in [6.45, 7) is 1.03. The summed E-state index contributed by atoms with van der Waals surface area (Å²) in [7, 11) is -1.57. The normalized spacial score (nSPS) is 16.7. The van der Waals surface area contributed by atoms with Crippen LogP contribution in [0.5, 0.6) is 0 Å². The Bertz CT molecular complexity index is 371. The topological polar surface area (TPSA) is 71.8 Å². The van der Waals surface area contributed by atoms with Crippen LogP contribution in [-0.4, -0.2) is 41.6 Å². The van der Waals surface area contributed by atoms with E-state index in [0.29, 0.717) is 24.2 Å². The van der Waals surface area contributed by atoms with Gasteiger partial charge in [0.15, 0.2) is 6.29 Å². The molecule has 7 heteroatoms. The lowest BCUT2D eigenvalue weighted by Gasteiger charge is -2.17. The molecule has 86 valence electrons. The molecule has 1 fully saturated rings. The van der Waals surface area contributed by atoms with Gasteiger partial charge in [0.05, 0.1) is 13.2 Å². The van der Waals surface area contributed by atoms with Gasteiger partial charge in [0.25, 0.3) is 0 Å². The van der Waals surface area contributed by atoms with Crippen molar-refractivity contribution in [2.75, 3.05) is 19.5 Å². The molecule has 2 N–H and O–H groups in total. The van der Waals surface area contributed by atoms with E-state index in [4.69, 9.17) is 9.47 Å². The van der Waals surface area contributed by atoms with Gasteiger partial charge in [-0.05, 0) is 6.26 Å². The Morgan fingerprint density at radius 2 is 2.06 bits per heavy atom. The van der Waals surface area contributed by atoms with Crippen molar-refractivity contribution in [3.63, 3.8) is 0 Å². The Kier molecular flexibility index (Phi) is 3.83. The maximum atomic E-state index is 9.28. The monoisotopic (exact) mass is 241 g/mol. The van der Waals surface area contributed by atoms with Crippen LogP contribution < -0.4 is 5.46 Å². The minimum Gasteiger partial charge on any atom is -0.423 e. The second-order valence-corrected chi connectivity index (χ2v) is 4.14. The van der Waals surface area contributed by atoms with Gasteiger partial charge >= 0.3 is 7.12 Å². The third kappa shape index (κ3) is 2.23. The molecule has 0 saturated carbocycles. The molecule has 1 aliphatic heterocycles. The summed E-state index contributed by atoms with van der Waals surface area (Å²) in [6, 6.07) is 0. The Hall–Kier alpha value is -0.595. The van der Waals surface area contributed by atoms with E-state index in [1.807, 2.05) is 6.26 Å². The summed E-state index contributed by atoms with van der Waals surface area (Å²) in [5.74, 6) is 0. The van der Waals surface area contributed by atoms with Crippen molar-refractivity contribution in [2.45, 2.75) is 11.2 Å². The summed E-state index contributed by atoms with van der Waals surface area (Å²) in [5, 5.41) is 18.6. The van der Waals surface area contributed by atoms with E-state index in [1.165, 1.54) is 18.0 Å². The third-order valence-corrected chi connectivity index (χ3v) is 3.10. The molecule has 0 unspecified atom stereocenters. The summed E-state index contributed by atoms with van der Waals surface area (Å²) in [6.07, 6.45) is 4.45. The number of rotatable bonds is 3. The summed E-state index contributed by atoms with van der Waals surface area (Å²) < 4.78 is 10.8. The van der Waals surface area contributed by atoms with E-state index in [-0.39, 0.29) is 0 Å². The molecule has 0 atom stereocenters. The van der Waals surface area contributed by atoms with Crippen LogP contribution in [0.15, 0.2) is 17.3 Å². The molecular formula is C9H12BNO4S. The zero-order valence-corrected chi connectivity index (χ0v) is 9.61. The number of hydrogen-bond donors (Lipinski definition) is 2. The fourth-order valence-electron chi connectivity index (χ4n) is 1.61. The van der Waals surface area contributed by atoms with Crippen molar-refractivity contribution in [3.05, 3.63) is 18.0 Å². The highest BCUT2D eigenvalue weighted by Gasteiger charge is 2.28. The average molecular weight is 241 g/mol. The van der Waals surface area contributed by atoms with Crippen LogP contribution in [0.1, 0.15) is 11.9 Å². The van der Waals surface area contributed by atoms with Gasteiger partial charge in [-0.2, -0.15) is 0 Å². The van der Waals surface area contributed by atoms with Crippen molar-refractivity contribution >= 4 is 24.3 Å². The van der Waals surface area contributed by atoms with Gasteiger partial charge in [-0.1, -0.05) is 0 Å². The number of pyridine rings is 1. The van der Waals surface area contributed by atoms with E-state index < -0.39 is 13.4 Å². The molecule has 1 aromatic heterocycles. The van der Waals surface area contributed by atoms with Crippen LogP contribution in [0.4, 0.5) is 0 Å². The van der Waals surface area contributed by atoms with Gasteiger partial charge < -0.3 is 19.5 Å². The van der Waals surface area contributed by atoms with Gasteiger partial charge in [0, 0.05) is 28.3 Å². The van der Waals surface area contributed by atoms with E-state index in [0.717, 1.165) is 4.90 Å². The van der Waals surface area contributed by atoms with E-state index in [1.54, 1.807) is 6.20 Å². The predicted octanol–water partition coefficient (Wildman–Crippen LogP) is -0.471. The van der Waals surface area contributed by atoms with Gasteiger partial charge in [-0.25, -0.2) is 0 Å². The zero-order chi connectivity index (χ0) is 11.5. The zero-order valence-electron chi connectivity index (χ0n) is 8.79. The quantitative estimate of drug-likeness (QED) is 0.550. The van der Waals surface area contributed by atoms with E-state index in [9.17, 15) is 10.0 Å². The van der Waals surface area contributed by atoms with Crippen LogP contribution in [0.2, 0.25) is 0 Å². The maximum Gasteiger partial charge on any atom is 0.490 e. The molecule has 0 radical (unpaired) electrons. The van der Waals surface area contributed by atoms with Crippen molar-refractivity contribution in [1.82, 2.24) is 4.98 Å². The van der Waals surface area contributed by atoms with Crippen molar-refractivity contribution in [3.8, 4) is 0 Å². The molecular weight excluding hydrogens is 229 g/mol. The first kappa shape index (κ1) is 11.9. The highest BCUT2D eigenvalue weighted by Crippen LogP contribution is 2.29. The lowest BCUT2D eigenvalue weighted by Crippen LogP contribution is -2.35. The third-order valence-electron chi connectivity index (χ3n) is 2.34. The predicted molar refractivity (Wildman–Crippen MR) is 60.5 cm³/mol. The highest BCUT2D eigenvalue weighted by molar-refractivity contribution is 7.98. The van der Waals surface area contributed by atoms with E-state index >= 15 is 0 Å². The maximum absolute atomic E-state index is 9.28. The Balaban J connectivity index is 2.44. The summed E-state index contributed by atoms with van der Waals surface area (Å²) in [4.78, 5) is 4.79. The lowest BCUT2D eigenvalue weighted by molar-refractivity contribution is -0.0454. The summed E-state index contributed by atoms with van der Waals surface area (Å²) >= 11 is 1.47. The standard InChI is InChI=1S/C9H12BNO4S/c1-16-7-5-11-4-6(10(12)13)8(7)9-14-2-3-15-9/h4-5,9,12-13H,2-3H2,1H3. The number of aromatic nitrogens is 1. The molecule has 2 heterocycles. The first-order valence-electron chi connectivity index (χ1n) is 4.85.